The van der Waals surface area contributed by atoms with Crippen LogP contribution in [0.25, 0.3) is 11.1 Å². The summed E-state index contributed by atoms with van der Waals surface area (Å²) < 4.78 is 11.0. The maximum Gasteiger partial charge on any atom is 0.314 e. The number of hydrogen-bond donors (Lipinski definition) is 1. The van der Waals surface area contributed by atoms with Crippen molar-refractivity contribution in [3.63, 3.8) is 0 Å². The topological polar surface area (TPSA) is 72.8 Å². The fourth-order valence-electron chi connectivity index (χ4n) is 4.07. The van der Waals surface area contributed by atoms with E-state index in [1.54, 1.807) is 13.2 Å². The Bertz CT molecular complexity index is 924. The molecule has 0 bridgehead atoms. The fraction of sp³-hybridized carbons (Fsp3) is 0.333. The highest BCUT2D eigenvalue weighted by Crippen LogP contribution is 2.57. The Hall–Kier alpha value is -2.82. The molecule has 0 aromatic heterocycles. The van der Waals surface area contributed by atoms with Crippen LogP contribution in [-0.4, -0.2) is 31.1 Å². The highest BCUT2D eigenvalue weighted by Gasteiger charge is 2.55. The smallest absolute Gasteiger partial charge is 0.314 e. The maximum absolute atomic E-state index is 12.1. The number of carbonyl (C=O) groups excluding carboxylic acids is 1. The Labute approximate surface area is 151 Å². The van der Waals surface area contributed by atoms with E-state index in [0.717, 1.165) is 22.3 Å². The highest BCUT2D eigenvalue weighted by atomic mass is 16.5. The predicted octanol–water partition coefficient (Wildman–Crippen LogP) is 3.62. The zero-order chi connectivity index (χ0) is 18.5. The first kappa shape index (κ1) is 16.6. The molecule has 0 radical (unpaired) electrons. The van der Waals surface area contributed by atoms with Gasteiger partial charge in [0, 0.05) is 17.5 Å². The van der Waals surface area contributed by atoms with Gasteiger partial charge in [-0.15, -0.1) is 0 Å². The van der Waals surface area contributed by atoms with Gasteiger partial charge in [0.15, 0.2) is 17.3 Å². The van der Waals surface area contributed by atoms with E-state index in [1.165, 1.54) is 7.11 Å². The molecule has 0 spiro atoms. The number of carboxylic acids is 1. The van der Waals surface area contributed by atoms with E-state index in [9.17, 15) is 14.7 Å². The van der Waals surface area contributed by atoms with Gasteiger partial charge >= 0.3 is 5.97 Å². The summed E-state index contributed by atoms with van der Waals surface area (Å²) in [5, 5.41) is 9.90. The molecule has 0 aliphatic heterocycles. The Balaban J connectivity index is 2.02. The lowest BCUT2D eigenvalue weighted by atomic mass is 9.84. The first-order chi connectivity index (χ1) is 12.5. The number of benzene rings is 2. The Kier molecular flexibility index (Phi) is 3.75. The average molecular weight is 352 g/mol. The average Bonchev–Trinajstić information content (AvgIpc) is 3.38. The van der Waals surface area contributed by atoms with Gasteiger partial charge in [-0.2, -0.15) is 0 Å². The molecule has 5 nitrogen and oxygen atoms in total. The van der Waals surface area contributed by atoms with Crippen LogP contribution in [0.4, 0.5) is 0 Å². The number of methoxy groups -OCH3 is 2. The number of fused-ring (bicyclic) bond motifs is 1. The summed E-state index contributed by atoms with van der Waals surface area (Å²) in [6, 6.07) is 9.35. The third-order valence-corrected chi connectivity index (χ3v) is 5.55. The lowest BCUT2D eigenvalue weighted by Gasteiger charge is -2.22. The number of hydrogen-bond acceptors (Lipinski definition) is 4. The molecule has 1 N–H and O–H groups in total. The lowest BCUT2D eigenvalue weighted by Crippen LogP contribution is -2.22. The summed E-state index contributed by atoms with van der Waals surface area (Å²) in [6.07, 6.45) is 2.30. The monoisotopic (exact) mass is 352 g/mol. The van der Waals surface area contributed by atoms with Crippen LogP contribution in [0.15, 0.2) is 30.3 Å². The predicted molar refractivity (Wildman–Crippen MR) is 96.2 cm³/mol. The van der Waals surface area contributed by atoms with E-state index in [0.29, 0.717) is 42.7 Å². The summed E-state index contributed by atoms with van der Waals surface area (Å²) in [5.41, 5.74) is 3.15. The van der Waals surface area contributed by atoms with Gasteiger partial charge in [-0.05, 0) is 42.0 Å². The molecule has 0 amide bonds. The fourth-order valence-corrected chi connectivity index (χ4v) is 4.07. The molecule has 26 heavy (non-hydrogen) atoms. The molecule has 0 atom stereocenters. The van der Waals surface area contributed by atoms with Crippen molar-refractivity contribution in [2.75, 3.05) is 14.2 Å². The third kappa shape index (κ3) is 2.23. The molecule has 0 unspecified atom stereocenters. The van der Waals surface area contributed by atoms with Gasteiger partial charge in [0.2, 0.25) is 0 Å². The van der Waals surface area contributed by atoms with Crippen LogP contribution >= 0.6 is 0 Å². The minimum atomic E-state index is -0.958. The van der Waals surface area contributed by atoms with Gasteiger partial charge < -0.3 is 14.6 Å². The number of ether oxygens (including phenoxy) is 2. The summed E-state index contributed by atoms with van der Waals surface area (Å²) in [7, 11) is 3.07. The molecule has 2 aromatic carbocycles. The van der Waals surface area contributed by atoms with E-state index >= 15 is 0 Å². The Morgan fingerprint density at radius 3 is 2.35 bits per heavy atom. The number of aliphatic carboxylic acids is 1. The van der Waals surface area contributed by atoms with E-state index in [1.807, 2.05) is 24.3 Å². The second-order valence-electron chi connectivity index (χ2n) is 6.87. The van der Waals surface area contributed by atoms with E-state index in [2.05, 4.69) is 0 Å². The van der Waals surface area contributed by atoms with Crippen LogP contribution in [0.3, 0.4) is 0 Å². The van der Waals surface area contributed by atoms with Crippen molar-refractivity contribution in [3.05, 3.63) is 47.0 Å². The second kappa shape index (κ2) is 5.87. The minimum Gasteiger partial charge on any atom is -0.493 e. The first-order valence-electron chi connectivity index (χ1n) is 8.68. The number of carbonyl (C=O) groups is 2. The van der Waals surface area contributed by atoms with Crippen molar-refractivity contribution >= 4 is 11.8 Å². The number of ketones is 1. The molecular weight excluding hydrogens is 332 g/mol. The van der Waals surface area contributed by atoms with Crippen LogP contribution in [-0.2, 0) is 16.6 Å². The number of carboxylic acid groups (broad SMARTS) is 1. The van der Waals surface area contributed by atoms with Gasteiger partial charge in [-0.3, -0.25) is 9.59 Å². The standard InChI is InChI=1S/C21H20O5/c1-25-17-9-7-15(12-4-3-5-14-13(12)6-8-16(14)22)18(19(17)26-2)21(10-11-21)20(23)24/h3-5,7,9H,6,8,10-11H2,1-2H3,(H,23,24). The molecule has 2 aromatic rings. The largest absolute Gasteiger partial charge is 0.493 e. The van der Waals surface area contributed by atoms with E-state index in [4.69, 9.17) is 9.47 Å². The molecule has 0 heterocycles. The quantitative estimate of drug-likeness (QED) is 0.890. The molecule has 2 aliphatic carbocycles. The normalized spacial score (nSPS) is 16.9. The summed E-state index contributed by atoms with van der Waals surface area (Å²) in [6.45, 7) is 0. The van der Waals surface area contributed by atoms with E-state index in [-0.39, 0.29) is 5.78 Å². The zero-order valence-electron chi connectivity index (χ0n) is 14.8. The lowest BCUT2D eigenvalue weighted by molar-refractivity contribution is -0.140. The first-order valence-corrected chi connectivity index (χ1v) is 8.68. The summed E-state index contributed by atoms with van der Waals surface area (Å²) in [5.74, 6) is 0.270. The van der Waals surface area contributed by atoms with Crippen molar-refractivity contribution in [2.24, 2.45) is 0 Å². The molecular formula is C21H20O5. The second-order valence-corrected chi connectivity index (χ2v) is 6.87. The van der Waals surface area contributed by atoms with Gasteiger partial charge in [0.05, 0.1) is 19.6 Å². The highest BCUT2D eigenvalue weighted by molar-refractivity contribution is 6.03. The molecule has 2 aliphatic rings. The Morgan fingerprint density at radius 1 is 1.00 bits per heavy atom. The minimum absolute atomic E-state index is 0.142. The molecule has 4 rings (SSSR count). The van der Waals surface area contributed by atoms with Crippen LogP contribution < -0.4 is 9.47 Å². The number of Topliss-reactive ketones (excluding diaryl/α,β-unsaturated/α-hetero) is 1. The van der Waals surface area contributed by atoms with Crippen molar-refractivity contribution in [1.29, 1.82) is 0 Å². The molecule has 0 saturated heterocycles. The van der Waals surface area contributed by atoms with Crippen molar-refractivity contribution in [1.82, 2.24) is 0 Å². The van der Waals surface area contributed by atoms with Gasteiger partial charge in [0.25, 0.3) is 0 Å². The molecule has 5 heteroatoms. The van der Waals surface area contributed by atoms with Crippen LogP contribution in [0.2, 0.25) is 0 Å². The number of rotatable bonds is 5. The summed E-state index contributed by atoms with van der Waals surface area (Å²) >= 11 is 0. The van der Waals surface area contributed by atoms with Crippen LogP contribution in [0.5, 0.6) is 11.5 Å². The van der Waals surface area contributed by atoms with Gasteiger partial charge in [-0.25, -0.2) is 0 Å². The molecule has 134 valence electrons. The van der Waals surface area contributed by atoms with E-state index < -0.39 is 11.4 Å². The molecule has 1 saturated carbocycles. The van der Waals surface area contributed by atoms with Gasteiger partial charge in [-0.1, -0.05) is 24.3 Å². The van der Waals surface area contributed by atoms with Gasteiger partial charge in [0.1, 0.15) is 0 Å². The summed E-state index contributed by atoms with van der Waals surface area (Å²) in [4.78, 5) is 24.2. The van der Waals surface area contributed by atoms with Crippen molar-refractivity contribution in [3.8, 4) is 22.6 Å². The third-order valence-electron chi connectivity index (χ3n) is 5.55. The molecule has 1 fully saturated rings. The van der Waals surface area contributed by atoms with Crippen LogP contribution in [0.1, 0.15) is 40.7 Å². The maximum atomic E-state index is 12.1. The van der Waals surface area contributed by atoms with Crippen molar-refractivity contribution in [2.45, 2.75) is 31.1 Å². The Morgan fingerprint density at radius 2 is 1.73 bits per heavy atom. The SMILES string of the molecule is COc1ccc(-c2cccc3c2CCC3=O)c(C2(C(=O)O)CC2)c1OC. The van der Waals surface area contributed by atoms with Crippen molar-refractivity contribution < 1.29 is 24.2 Å². The zero-order valence-corrected chi connectivity index (χ0v) is 14.8. The van der Waals surface area contributed by atoms with Crippen LogP contribution in [0, 0.1) is 0 Å².